The van der Waals surface area contributed by atoms with Crippen molar-refractivity contribution in [2.75, 3.05) is 17.6 Å². The first-order valence-electron chi connectivity index (χ1n) is 9.03. The lowest BCUT2D eigenvalue weighted by Crippen LogP contribution is -2.07. The number of nitrogens with two attached hydrogens (primary N) is 1. The van der Waals surface area contributed by atoms with Gasteiger partial charge in [-0.3, -0.25) is 4.98 Å². The maximum Gasteiger partial charge on any atom is 0.123 e. The molecule has 0 unspecified atom stereocenters. The van der Waals surface area contributed by atoms with Crippen LogP contribution in [-0.4, -0.2) is 16.5 Å². The van der Waals surface area contributed by atoms with E-state index in [0.29, 0.717) is 11.4 Å². The third kappa shape index (κ3) is 5.55. The lowest BCUT2D eigenvalue weighted by atomic mass is 10.0. The SMILES string of the molecule is Cc1cc(N)nc(CCc2cc(C#N)cc(NCCc3ccccn3)c2)c1. The standard InChI is InChI=1S/C22H23N5/c1-16-10-20(27-22(24)11-16)6-5-17-12-18(15-23)14-21(13-17)26-9-7-19-4-2-3-8-25-19/h2-4,8,10-14,26H,5-7,9H2,1H3,(H2,24,27). The van der Waals surface area contributed by atoms with E-state index in [0.717, 1.165) is 54.0 Å². The minimum atomic E-state index is 0.549. The van der Waals surface area contributed by atoms with Crippen LogP contribution in [0.25, 0.3) is 0 Å². The summed E-state index contributed by atoms with van der Waals surface area (Å²) < 4.78 is 0. The van der Waals surface area contributed by atoms with Crippen LogP contribution >= 0.6 is 0 Å². The van der Waals surface area contributed by atoms with Crippen LogP contribution in [-0.2, 0) is 19.3 Å². The first kappa shape index (κ1) is 18.4. The lowest BCUT2D eigenvalue weighted by molar-refractivity contribution is 0.911. The monoisotopic (exact) mass is 357 g/mol. The number of nitrogens with one attached hydrogen (secondary N) is 1. The third-order valence-electron chi connectivity index (χ3n) is 4.27. The van der Waals surface area contributed by atoms with E-state index in [2.05, 4.69) is 33.5 Å². The highest BCUT2D eigenvalue weighted by Gasteiger charge is 2.04. The summed E-state index contributed by atoms with van der Waals surface area (Å²) >= 11 is 0. The molecule has 0 bridgehead atoms. The molecule has 0 saturated heterocycles. The fourth-order valence-electron chi connectivity index (χ4n) is 3.05. The number of anilines is 2. The van der Waals surface area contributed by atoms with Gasteiger partial charge in [0.05, 0.1) is 11.6 Å². The first-order valence-corrected chi connectivity index (χ1v) is 9.03. The third-order valence-corrected chi connectivity index (χ3v) is 4.27. The Hall–Kier alpha value is -3.39. The first-order chi connectivity index (χ1) is 13.1. The van der Waals surface area contributed by atoms with Gasteiger partial charge in [-0.05, 0) is 73.4 Å². The van der Waals surface area contributed by atoms with E-state index in [1.807, 2.05) is 43.3 Å². The molecule has 0 aliphatic carbocycles. The smallest absolute Gasteiger partial charge is 0.123 e. The predicted octanol–water partition coefficient (Wildman–Crippen LogP) is 3.68. The lowest BCUT2D eigenvalue weighted by Gasteiger charge is -2.10. The number of nitrogens with zero attached hydrogens (tertiary/aromatic N) is 3. The fraction of sp³-hybridized carbons (Fsp3) is 0.227. The quantitative estimate of drug-likeness (QED) is 0.673. The Bertz CT molecular complexity index is 924. The number of hydrogen-bond donors (Lipinski definition) is 2. The number of nitriles is 1. The fourth-order valence-corrected chi connectivity index (χ4v) is 3.05. The molecule has 0 aliphatic rings. The summed E-state index contributed by atoms with van der Waals surface area (Å²) in [5.41, 5.74) is 11.7. The summed E-state index contributed by atoms with van der Waals surface area (Å²) in [6, 6.07) is 18.0. The second-order valence-corrected chi connectivity index (χ2v) is 6.59. The van der Waals surface area contributed by atoms with Crippen LogP contribution in [0.3, 0.4) is 0 Å². The Kier molecular flexibility index (Phi) is 6.01. The summed E-state index contributed by atoms with van der Waals surface area (Å²) in [5, 5.41) is 12.7. The van der Waals surface area contributed by atoms with Crippen molar-refractivity contribution in [1.29, 1.82) is 5.26 Å². The van der Waals surface area contributed by atoms with Gasteiger partial charge in [-0.1, -0.05) is 6.07 Å². The summed E-state index contributed by atoms with van der Waals surface area (Å²) in [7, 11) is 0. The van der Waals surface area contributed by atoms with Crippen molar-refractivity contribution in [3.05, 3.63) is 82.8 Å². The average Bonchev–Trinajstić information content (AvgIpc) is 2.66. The van der Waals surface area contributed by atoms with Gasteiger partial charge in [0.1, 0.15) is 5.82 Å². The molecule has 136 valence electrons. The highest BCUT2D eigenvalue weighted by Crippen LogP contribution is 2.17. The molecule has 0 amide bonds. The van der Waals surface area contributed by atoms with Gasteiger partial charge in [-0.25, -0.2) is 4.98 Å². The Balaban J connectivity index is 1.65. The number of rotatable bonds is 7. The Morgan fingerprint density at radius 1 is 1.04 bits per heavy atom. The van der Waals surface area contributed by atoms with Gasteiger partial charge in [0.2, 0.25) is 0 Å². The Labute approximate surface area is 159 Å². The topological polar surface area (TPSA) is 87.6 Å². The molecule has 5 nitrogen and oxygen atoms in total. The maximum atomic E-state index is 9.33. The van der Waals surface area contributed by atoms with Gasteiger partial charge >= 0.3 is 0 Å². The van der Waals surface area contributed by atoms with Crippen LogP contribution in [0.1, 0.15) is 28.1 Å². The Morgan fingerprint density at radius 2 is 1.93 bits per heavy atom. The number of aromatic nitrogens is 2. The minimum absolute atomic E-state index is 0.549. The van der Waals surface area contributed by atoms with Gasteiger partial charge in [-0.15, -0.1) is 0 Å². The molecule has 27 heavy (non-hydrogen) atoms. The summed E-state index contributed by atoms with van der Waals surface area (Å²) in [5.74, 6) is 0.549. The van der Waals surface area contributed by atoms with Gasteiger partial charge < -0.3 is 11.1 Å². The van der Waals surface area contributed by atoms with Crippen molar-refractivity contribution in [2.45, 2.75) is 26.2 Å². The zero-order valence-electron chi connectivity index (χ0n) is 15.4. The van der Waals surface area contributed by atoms with Crippen LogP contribution < -0.4 is 11.1 Å². The van der Waals surface area contributed by atoms with Crippen LogP contribution in [0.5, 0.6) is 0 Å². The van der Waals surface area contributed by atoms with Gasteiger partial charge in [-0.2, -0.15) is 5.26 Å². The highest BCUT2D eigenvalue weighted by atomic mass is 14.9. The second kappa shape index (κ2) is 8.81. The molecule has 3 rings (SSSR count). The number of aryl methyl sites for hydroxylation is 3. The zero-order chi connectivity index (χ0) is 19.1. The number of benzene rings is 1. The van der Waals surface area contributed by atoms with Crippen molar-refractivity contribution < 1.29 is 0 Å². The predicted molar refractivity (Wildman–Crippen MR) is 108 cm³/mol. The number of hydrogen-bond acceptors (Lipinski definition) is 5. The van der Waals surface area contributed by atoms with Crippen LogP contribution in [0.15, 0.2) is 54.7 Å². The molecule has 2 heterocycles. The van der Waals surface area contributed by atoms with Crippen molar-refractivity contribution >= 4 is 11.5 Å². The van der Waals surface area contributed by atoms with E-state index < -0.39 is 0 Å². The summed E-state index contributed by atoms with van der Waals surface area (Å²) in [4.78, 5) is 8.72. The van der Waals surface area contributed by atoms with Crippen LogP contribution in [0.4, 0.5) is 11.5 Å². The van der Waals surface area contributed by atoms with E-state index >= 15 is 0 Å². The summed E-state index contributed by atoms with van der Waals surface area (Å²) in [6.07, 6.45) is 4.23. The molecular weight excluding hydrogens is 334 g/mol. The molecule has 3 N–H and O–H groups in total. The molecule has 0 fully saturated rings. The van der Waals surface area contributed by atoms with Gasteiger partial charge in [0.15, 0.2) is 0 Å². The largest absolute Gasteiger partial charge is 0.385 e. The van der Waals surface area contributed by atoms with E-state index in [-0.39, 0.29) is 0 Å². The molecular formula is C22H23N5. The van der Waals surface area contributed by atoms with Gasteiger partial charge in [0, 0.05) is 36.2 Å². The second-order valence-electron chi connectivity index (χ2n) is 6.59. The van der Waals surface area contributed by atoms with Crippen molar-refractivity contribution in [2.24, 2.45) is 0 Å². The molecule has 3 aromatic rings. The molecule has 5 heteroatoms. The normalized spacial score (nSPS) is 10.4. The van der Waals surface area contributed by atoms with Crippen LogP contribution in [0.2, 0.25) is 0 Å². The molecule has 1 aromatic carbocycles. The molecule has 0 atom stereocenters. The maximum absolute atomic E-state index is 9.33. The van der Waals surface area contributed by atoms with Crippen molar-refractivity contribution in [1.82, 2.24) is 9.97 Å². The minimum Gasteiger partial charge on any atom is -0.385 e. The van der Waals surface area contributed by atoms with E-state index in [4.69, 9.17) is 5.73 Å². The van der Waals surface area contributed by atoms with Crippen LogP contribution in [0, 0.1) is 18.3 Å². The number of nitrogen functional groups attached to an aromatic ring is 1. The zero-order valence-corrected chi connectivity index (χ0v) is 15.4. The summed E-state index contributed by atoms with van der Waals surface area (Å²) in [6.45, 7) is 2.78. The molecule has 0 saturated carbocycles. The van der Waals surface area contributed by atoms with Gasteiger partial charge in [0.25, 0.3) is 0 Å². The molecule has 2 aromatic heterocycles. The van der Waals surface area contributed by atoms with E-state index in [1.165, 1.54) is 0 Å². The average molecular weight is 357 g/mol. The molecule has 0 aliphatic heterocycles. The Morgan fingerprint density at radius 3 is 2.67 bits per heavy atom. The van der Waals surface area contributed by atoms with E-state index in [9.17, 15) is 5.26 Å². The van der Waals surface area contributed by atoms with E-state index in [1.54, 1.807) is 6.20 Å². The van der Waals surface area contributed by atoms with Crippen molar-refractivity contribution in [3.63, 3.8) is 0 Å². The number of pyridine rings is 2. The van der Waals surface area contributed by atoms with Crippen molar-refractivity contribution in [3.8, 4) is 6.07 Å². The highest BCUT2D eigenvalue weighted by molar-refractivity contribution is 5.52. The molecule has 0 radical (unpaired) electrons. The molecule has 0 spiro atoms.